The molecule has 2 amide bonds. The van der Waals surface area contributed by atoms with Crippen molar-refractivity contribution >= 4 is 11.8 Å². The molecule has 0 bridgehead atoms. The van der Waals surface area contributed by atoms with Crippen LogP contribution in [0.15, 0.2) is 42.6 Å². The van der Waals surface area contributed by atoms with E-state index in [9.17, 15) is 4.79 Å². The molecule has 2 heterocycles. The number of nitrogens with zero attached hydrogens (tertiary/aromatic N) is 4. The van der Waals surface area contributed by atoms with Gasteiger partial charge in [-0.25, -0.2) is 9.78 Å². The Labute approximate surface area is 173 Å². The number of rotatable bonds is 6. The van der Waals surface area contributed by atoms with Gasteiger partial charge in [0.1, 0.15) is 11.6 Å². The van der Waals surface area contributed by atoms with E-state index in [1.54, 1.807) is 13.3 Å². The molecule has 1 N–H and O–H groups in total. The first kappa shape index (κ1) is 20.9. The van der Waals surface area contributed by atoms with E-state index in [-0.39, 0.29) is 6.03 Å². The molecular weight excluding hydrogens is 366 g/mol. The molecule has 29 heavy (non-hydrogen) atoms. The molecule has 2 aromatic rings. The minimum Gasteiger partial charge on any atom is -0.497 e. The Hall–Kier alpha value is -2.80. The predicted octanol–water partition coefficient (Wildman–Crippen LogP) is 2.57. The average Bonchev–Trinajstić information content (AvgIpc) is 2.98. The summed E-state index contributed by atoms with van der Waals surface area (Å²) in [6.45, 7) is 4.79. The Bertz CT molecular complexity index is 794. The van der Waals surface area contributed by atoms with E-state index >= 15 is 0 Å². The van der Waals surface area contributed by atoms with Crippen molar-refractivity contribution in [2.24, 2.45) is 0 Å². The zero-order chi connectivity index (χ0) is 20.6. The first-order chi connectivity index (χ1) is 14.0. The largest absolute Gasteiger partial charge is 0.497 e. The molecular formula is C22H31N5O2. The third kappa shape index (κ3) is 6.09. The average molecular weight is 398 g/mol. The molecule has 0 atom stereocenters. The van der Waals surface area contributed by atoms with Crippen molar-refractivity contribution in [2.75, 3.05) is 52.3 Å². The number of carbonyl (C=O) groups is 1. The molecule has 1 fully saturated rings. The van der Waals surface area contributed by atoms with Crippen LogP contribution in [0.1, 0.15) is 17.5 Å². The predicted molar refractivity (Wildman–Crippen MR) is 115 cm³/mol. The van der Waals surface area contributed by atoms with Crippen LogP contribution in [0.3, 0.4) is 0 Å². The topological polar surface area (TPSA) is 60.9 Å². The van der Waals surface area contributed by atoms with Gasteiger partial charge in [0.2, 0.25) is 0 Å². The molecule has 0 unspecified atom stereocenters. The third-order valence-corrected chi connectivity index (χ3v) is 5.15. The summed E-state index contributed by atoms with van der Waals surface area (Å²) in [7, 11) is 5.60. The van der Waals surface area contributed by atoms with Crippen molar-refractivity contribution in [1.82, 2.24) is 20.1 Å². The first-order valence-electron chi connectivity index (χ1n) is 10.1. The number of aromatic nitrogens is 1. The summed E-state index contributed by atoms with van der Waals surface area (Å²) in [5.41, 5.74) is 2.31. The second-order valence-corrected chi connectivity index (χ2v) is 7.54. The minimum absolute atomic E-state index is 0.000451. The highest BCUT2D eigenvalue weighted by Crippen LogP contribution is 2.14. The molecule has 3 rings (SSSR count). The number of hydrogen-bond acceptors (Lipinski definition) is 5. The van der Waals surface area contributed by atoms with Gasteiger partial charge in [0.15, 0.2) is 0 Å². The lowest BCUT2D eigenvalue weighted by Gasteiger charge is -2.22. The number of nitrogens with one attached hydrogen (secondary N) is 1. The summed E-state index contributed by atoms with van der Waals surface area (Å²) < 4.78 is 5.22. The number of hydrogen-bond donors (Lipinski definition) is 1. The quantitative estimate of drug-likeness (QED) is 0.812. The van der Waals surface area contributed by atoms with Crippen LogP contribution in [0.5, 0.6) is 5.75 Å². The van der Waals surface area contributed by atoms with Crippen LogP contribution < -0.4 is 15.0 Å². The number of benzene rings is 1. The van der Waals surface area contributed by atoms with Gasteiger partial charge in [-0.15, -0.1) is 0 Å². The number of amides is 2. The van der Waals surface area contributed by atoms with Crippen LogP contribution in [-0.4, -0.2) is 68.2 Å². The Morgan fingerprint density at radius 2 is 1.90 bits per heavy atom. The number of pyridine rings is 1. The molecule has 1 aliphatic heterocycles. The smallest absolute Gasteiger partial charge is 0.317 e. The Balaban J connectivity index is 1.48. The Kier molecular flexibility index (Phi) is 7.30. The number of carbonyl (C=O) groups excluding carboxylic acids is 1. The lowest BCUT2D eigenvalue weighted by atomic mass is 10.2. The maximum absolute atomic E-state index is 12.6. The van der Waals surface area contributed by atoms with Crippen LogP contribution in [0.4, 0.5) is 10.6 Å². The highest BCUT2D eigenvalue weighted by molar-refractivity contribution is 5.74. The van der Waals surface area contributed by atoms with Gasteiger partial charge < -0.3 is 19.9 Å². The SMILES string of the molecule is COc1ccc(CN2CCCN(C(=O)NCc3ccnc(N(C)C)c3)CC2)cc1. The van der Waals surface area contributed by atoms with Crippen molar-refractivity contribution in [2.45, 2.75) is 19.5 Å². The highest BCUT2D eigenvalue weighted by atomic mass is 16.5. The zero-order valence-corrected chi connectivity index (χ0v) is 17.6. The van der Waals surface area contributed by atoms with Crippen LogP contribution in [-0.2, 0) is 13.1 Å². The van der Waals surface area contributed by atoms with Crippen molar-refractivity contribution < 1.29 is 9.53 Å². The number of ether oxygens (including phenoxy) is 1. The van der Waals surface area contributed by atoms with E-state index in [0.717, 1.165) is 56.3 Å². The number of urea groups is 1. The van der Waals surface area contributed by atoms with Gasteiger partial charge in [-0.2, -0.15) is 0 Å². The fourth-order valence-electron chi connectivity index (χ4n) is 3.43. The van der Waals surface area contributed by atoms with Gasteiger partial charge in [0.25, 0.3) is 0 Å². The van der Waals surface area contributed by atoms with Crippen LogP contribution in [0, 0.1) is 0 Å². The van der Waals surface area contributed by atoms with E-state index in [1.165, 1.54) is 5.56 Å². The molecule has 7 nitrogen and oxygen atoms in total. The number of anilines is 1. The van der Waals surface area contributed by atoms with Crippen LogP contribution in [0.2, 0.25) is 0 Å². The zero-order valence-electron chi connectivity index (χ0n) is 17.6. The summed E-state index contributed by atoms with van der Waals surface area (Å²) >= 11 is 0. The molecule has 1 aliphatic rings. The molecule has 0 radical (unpaired) electrons. The second kappa shape index (κ2) is 10.1. The van der Waals surface area contributed by atoms with E-state index in [1.807, 2.05) is 48.2 Å². The maximum atomic E-state index is 12.6. The van der Waals surface area contributed by atoms with E-state index < -0.39 is 0 Å². The van der Waals surface area contributed by atoms with Gasteiger partial charge >= 0.3 is 6.03 Å². The molecule has 1 aromatic carbocycles. The van der Waals surface area contributed by atoms with Gasteiger partial charge in [-0.3, -0.25) is 4.90 Å². The summed E-state index contributed by atoms with van der Waals surface area (Å²) in [5.74, 6) is 1.76. The number of methoxy groups -OCH3 is 1. The highest BCUT2D eigenvalue weighted by Gasteiger charge is 2.19. The first-order valence-corrected chi connectivity index (χ1v) is 10.1. The molecule has 0 spiro atoms. The Morgan fingerprint density at radius 1 is 1.10 bits per heavy atom. The molecule has 7 heteroatoms. The third-order valence-electron chi connectivity index (χ3n) is 5.15. The standard InChI is InChI=1S/C22H31N5O2/c1-25(2)21-15-19(9-10-23-21)16-24-22(28)27-12-4-11-26(13-14-27)17-18-5-7-20(29-3)8-6-18/h5-10,15H,4,11-14,16-17H2,1-3H3,(H,24,28). The van der Waals surface area contributed by atoms with Gasteiger partial charge in [0.05, 0.1) is 7.11 Å². The van der Waals surface area contributed by atoms with E-state index in [4.69, 9.17) is 4.74 Å². The summed E-state index contributed by atoms with van der Waals surface area (Å²) in [6.07, 6.45) is 2.75. The summed E-state index contributed by atoms with van der Waals surface area (Å²) in [6, 6.07) is 12.1. The van der Waals surface area contributed by atoms with Gasteiger partial charge in [0, 0.05) is 59.6 Å². The Morgan fingerprint density at radius 3 is 2.62 bits per heavy atom. The minimum atomic E-state index is -0.000451. The molecule has 1 saturated heterocycles. The van der Waals surface area contributed by atoms with Crippen molar-refractivity contribution in [3.8, 4) is 5.75 Å². The van der Waals surface area contributed by atoms with Gasteiger partial charge in [-0.1, -0.05) is 12.1 Å². The van der Waals surface area contributed by atoms with Crippen molar-refractivity contribution in [1.29, 1.82) is 0 Å². The van der Waals surface area contributed by atoms with Crippen molar-refractivity contribution in [3.63, 3.8) is 0 Å². The normalized spacial score (nSPS) is 14.9. The summed E-state index contributed by atoms with van der Waals surface area (Å²) in [4.78, 5) is 23.2. The lowest BCUT2D eigenvalue weighted by molar-refractivity contribution is 0.197. The van der Waals surface area contributed by atoms with E-state index in [2.05, 4.69) is 27.3 Å². The fourth-order valence-corrected chi connectivity index (χ4v) is 3.43. The molecule has 1 aromatic heterocycles. The van der Waals surface area contributed by atoms with Crippen LogP contribution in [0.25, 0.3) is 0 Å². The van der Waals surface area contributed by atoms with E-state index in [0.29, 0.717) is 6.54 Å². The van der Waals surface area contributed by atoms with Crippen molar-refractivity contribution in [3.05, 3.63) is 53.7 Å². The lowest BCUT2D eigenvalue weighted by Crippen LogP contribution is -2.41. The molecule has 0 aliphatic carbocycles. The van der Waals surface area contributed by atoms with Crippen LogP contribution >= 0.6 is 0 Å². The summed E-state index contributed by atoms with van der Waals surface area (Å²) in [5, 5.41) is 3.05. The maximum Gasteiger partial charge on any atom is 0.317 e. The monoisotopic (exact) mass is 397 g/mol. The van der Waals surface area contributed by atoms with Gasteiger partial charge in [-0.05, 0) is 41.8 Å². The molecule has 156 valence electrons. The second-order valence-electron chi connectivity index (χ2n) is 7.54. The fraction of sp³-hybridized carbons (Fsp3) is 0.455. The molecule has 0 saturated carbocycles.